The van der Waals surface area contributed by atoms with Crippen LogP contribution in [0.5, 0.6) is 11.5 Å². The number of nitrogens with zero attached hydrogens (tertiary/aromatic N) is 3. The number of aromatic nitrogens is 2. The van der Waals surface area contributed by atoms with E-state index in [1.807, 2.05) is 72.8 Å². The first kappa shape index (κ1) is 20.8. The Hall–Kier alpha value is -4.04. The third kappa shape index (κ3) is 4.61. The topological polar surface area (TPSA) is 40.6 Å². The van der Waals surface area contributed by atoms with Gasteiger partial charge < -0.3 is 14.0 Å². The molecule has 4 aromatic rings. The first-order chi connectivity index (χ1) is 16.2. The zero-order valence-corrected chi connectivity index (χ0v) is 18.6. The van der Waals surface area contributed by atoms with Gasteiger partial charge in [0.25, 0.3) is 0 Å². The number of hydrogen-bond donors (Lipinski definition) is 0. The zero-order valence-electron chi connectivity index (χ0n) is 18.6. The van der Waals surface area contributed by atoms with E-state index < -0.39 is 0 Å². The molecule has 5 rings (SSSR count). The van der Waals surface area contributed by atoms with E-state index in [9.17, 15) is 0 Å². The van der Waals surface area contributed by atoms with E-state index in [2.05, 4.69) is 15.5 Å². The molecule has 0 spiro atoms. The van der Waals surface area contributed by atoms with Crippen LogP contribution in [0.1, 0.15) is 29.8 Å². The lowest BCUT2D eigenvalue weighted by Crippen LogP contribution is -2.03. The van der Waals surface area contributed by atoms with Crippen molar-refractivity contribution in [1.82, 2.24) is 9.55 Å². The Morgan fingerprint density at radius 3 is 2.61 bits per heavy atom. The van der Waals surface area contributed by atoms with Crippen LogP contribution in [0.3, 0.4) is 0 Å². The SMILES string of the molecule is [C-]#[N+]c1ccc(Cn2c(/C=C/c3cccc(OC)c3OCC3CC3)nc3ccccc32)cc1. The number of fused-ring (bicyclic) bond motifs is 1. The summed E-state index contributed by atoms with van der Waals surface area (Å²) in [5.74, 6) is 3.04. The highest BCUT2D eigenvalue weighted by Crippen LogP contribution is 2.36. The first-order valence-corrected chi connectivity index (χ1v) is 11.1. The van der Waals surface area contributed by atoms with E-state index in [0.717, 1.165) is 46.1 Å². The molecule has 5 heteroatoms. The van der Waals surface area contributed by atoms with Crippen LogP contribution in [-0.2, 0) is 6.54 Å². The van der Waals surface area contributed by atoms with Crippen molar-refractivity contribution in [2.75, 3.05) is 13.7 Å². The molecule has 5 nitrogen and oxygen atoms in total. The highest BCUT2D eigenvalue weighted by molar-refractivity contribution is 5.81. The fourth-order valence-electron chi connectivity index (χ4n) is 3.88. The number of benzene rings is 3. The molecule has 164 valence electrons. The Kier molecular flexibility index (Phi) is 5.82. The quantitative estimate of drug-likeness (QED) is 0.293. The van der Waals surface area contributed by atoms with Crippen molar-refractivity contribution in [2.45, 2.75) is 19.4 Å². The maximum absolute atomic E-state index is 7.17. The first-order valence-electron chi connectivity index (χ1n) is 11.1. The van der Waals surface area contributed by atoms with E-state index >= 15 is 0 Å². The molecule has 3 aromatic carbocycles. The van der Waals surface area contributed by atoms with E-state index in [4.69, 9.17) is 21.0 Å². The third-order valence-corrected chi connectivity index (χ3v) is 5.89. The van der Waals surface area contributed by atoms with E-state index in [-0.39, 0.29) is 0 Å². The monoisotopic (exact) mass is 435 g/mol. The van der Waals surface area contributed by atoms with Crippen molar-refractivity contribution in [3.05, 3.63) is 95.1 Å². The van der Waals surface area contributed by atoms with E-state index in [0.29, 0.717) is 18.2 Å². The van der Waals surface area contributed by atoms with Crippen LogP contribution < -0.4 is 9.47 Å². The van der Waals surface area contributed by atoms with Crippen molar-refractivity contribution in [3.63, 3.8) is 0 Å². The molecule has 0 unspecified atom stereocenters. The molecule has 0 radical (unpaired) electrons. The number of rotatable bonds is 8. The Bertz CT molecular complexity index is 1340. The van der Waals surface area contributed by atoms with Gasteiger partial charge in [-0.2, -0.15) is 0 Å². The highest BCUT2D eigenvalue weighted by atomic mass is 16.5. The van der Waals surface area contributed by atoms with Crippen LogP contribution in [0, 0.1) is 12.5 Å². The van der Waals surface area contributed by atoms with Gasteiger partial charge in [0.15, 0.2) is 17.2 Å². The molecular formula is C28H25N3O2. The van der Waals surface area contributed by atoms with Crippen molar-refractivity contribution in [3.8, 4) is 11.5 Å². The summed E-state index contributed by atoms with van der Waals surface area (Å²) in [7, 11) is 1.67. The minimum absolute atomic E-state index is 0.645. The number of methoxy groups -OCH3 is 1. The van der Waals surface area contributed by atoms with Gasteiger partial charge in [-0.15, -0.1) is 0 Å². The molecule has 1 heterocycles. The molecule has 0 amide bonds. The molecule has 1 aliphatic rings. The maximum atomic E-state index is 7.17. The Balaban J connectivity index is 1.50. The molecule has 1 aromatic heterocycles. The van der Waals surface area contributed by atoms with Gasteiger partial charge in [-0.3, -0.25) is 0 Å². The lowest BCUT2D eigenvalue weighted by Gasteiger charge is -2.13. The largest absolute Gasteiger partial charge is 0.493 e. The number of hydrogen-bond acceptors (Lipinski definition) is 3. The summed E-state index contributed by atoms with van der Waals surface area (Å²) in [6.45, 7) is 8.56. The predicted molar refractivity (Wildman–Crippen MR) is 132 cm³/mol. The minimum atomic E-state index is 0.645. The van der Waals surface area contributed by atoms with Crippen LogP contribution in [0.25, 0.3) is 28.0 Å². The van der Waals surface area contributed by atoms with Gasteiger partial charge in [-0.05, 0) is 54.7 Å². The summed E-state index contributed by atoms with van der Waals surface area (Å²) in [5, 5.41) is 0. The summed E-state index contributed by atoms with van der Waals surface area (Å²) in [6.07, 6.45) is 6.55. The molecule has 0 atom stereocenters. The third-order valence-electron chi connectivity index (χ3n) is 5.89. The molecule has 0 bridgehead atoms. The smallest absolute Gasteiger partial charge is 0.187 e. The summed E-state index contributed by atoms with van der Waals surface area (Å²) < 4.78 is 13.9. The summed E-state index contributed by atoms with van der Waals surface area (Å²) in [4.78, 5) is 8.36. The van der Waals surface area contributed by atoms with Crippen LogP contribution in [-0.4, -0.2) is 23.3 Å². The summed E-state index contributed by atoms with van der Waals surface area (Å²) in [6, 6.07) is 21.8. The minimum Gasteiger partial charge on any atom is -0.493 e. The second-order valence-corrected chi connectivity index (χ2v) is 8.29. The van der Waals surface area contributed by atoms with Crippen molar-refractivity contribution in [2.24, 2.45) is 5.92 Å². The Morgan fingerprint density at radius 1 is 1.03 bits per heavy atom. The van der Waals surface area contributed by atoms with Gasteiger partial charge in [0.1, 0.15) is 5.82 Å². The molecular weight excluding hydrogens is 410 g/mol. The van der Waals surface area contributed by atoms with Gasteiger partial charge in [-0.1, -0.05) is 48.5 Å². The van der Waals surface area contributed by atoms with Gasteiger partial charge in [0.2, 0.25) is 0 Å². The maximum Gasteiger partial charge on any atom is 0.187 e. The molecule has 1 saturated carbocycles. The van der Waals surface area contributed by atoms with Crippen molar-refractivity contribution in [1.29, 1.82) is 0 Å². The molecule has 33 heavy (non-hydrogen) atoms. The number of para-hydroxylation sites is 3. The number of ether oxygens (including phenoxy) is 2. The van der Waals surface area contributed by atoms with Crippen LogP contribution in [0.4, 0.5) is 5.69 Å². The molecule has 1 aliphatic carbocycles. The Labute approximate surface area is 193 Å². The predicted octanol–water partition coefficient (Wildman–Crippen LogP) is 6.60. The molecule has 0 N–H and O–H groups in total. The summed E-state index contributed by atoms with van der Waals surface area (Å²) >= 11 is 0. The van der Waals surface area contributed by atoms with Gasteiger partial charge in [0.05, 0.1) is 31.3 Å². The van der Waals surface area contributed by atoms with Gasteiger partial charge in [-0.25, -0.2) is 9.83 Å². The van der Waals surface area contributed by atoms with E-state index in [1.165, 1.54) is 12.8 Å². The normalized spacial score (nSPS) is 13.3. The Morgan fingerprint density at radius 2 is 1.85 bits per heavy atom. The summed E-state index contributed by atoms with van der Waals surface area (Å²) in [5.41, 5.74) is 4.75. The second kappa shape index (κ2) is 9.22. The van der Waals surface area contributed by atoms with Crippen molar-refractivity contribution >= 4 is 28.9 Å². The second-order valence-electron chi connectivity index (χ2n) is 8.29. The van der Waals surface area contributed by atoms with Crippen molar-refractivity contribution < 1.29 is 9.47 Å². The van der Waals surface area contributed by atoms with Crippen LogP contribution in [0.2, 0.25) is 0 Å². The number of imidazole rings is 1. The molecule has 0 aliphatic heterocycles. The van der Waals surface area contributed by atoms with Crippen LogP contribution >= 0.6 is 0 Å². The van der Waals surface area contributed by atoms with Gasteiger partial charge >= 0.3 is 0 Å². The lowest BCUT2D eigenvalue weighted by molar-refractivity contribution is 0.280. The fourth-order valence-corrected chi connectivity index (χ4v) is 3.88. The average molecular weight is 436 g/mol. The van der Waals surface area contributed by atoms with Crippen LogP contribution in [0.15, 0.2) is 66.7 Å². The van der Waals surface area contributed by atoms with Gasteiger partial charge in [0, 0.05) is 12.1 Å². The standard InChI is InChI=1S/C28H25N3O2/c1-29-23-15-12-20(13-16-23)18-31-25-8-4-3-7-24(25)30-27(31)17-14-22-6-5-9-26(32-2)28(22)33-19-21-10-11-21/h3-9,12-17,21H,10-11,18-19H2,2H3/b17-14+. The average Bonchev–Trinajstić information content (AvgIpc) is 3.63. The van der Waals surface area contributed by atoms with E-state index in [1.54, 1.807) is 7.11 Å². The molecule has 1 fully saturated rings. The highest BCUT2D eigenvalue weighted by Gasteiger charge is 2.23. The lowest BCUT2D eigenvalue weighted by atomic mass is 10.1. The zero-order chi connectivity index (χ0) is 22.6. The fraction of sp³-hybridized carbons (Fsp3) is 0.214. The molecule has 0 saturated heterocycles.